The Morgan fingerprint density at radius 3 is 2.63 bits per heavy atom. The lowest BCUT2D eigenvalue weighted by atomic mass is 9.94. The van der Waals surface area contributed by atoms with Crippen molar-refractivity contribution >= 4 is 17.6 Å². The molecule has 140 valence electrons. The summed E-state index contributed by atoms with van der Waals surface area (Å²) in [6.07, 6.45) is 2.13. The molecule has 27 heavy (non-hydrogen) atoms. The van der Waals surface area contributed by atoms with Crippen LogP contribution in [-0.2, 0) is 11.2 Å². The van der Waals surface area contributed by atoms with Gasteiger partial charge in [0.1, 0.15) is 18.2 Å². The Labute approximate surface area is 158 Å². The van der Waals surface area contributed by atoms with Crippen molar-refractivity contribution in [2.45, 2.75) is 26.3 Å². The average Bonchev–Trinajstić information content (AvgIpc) is 2.70. The topological polar surface area (TPSA) is 78.4 Å². The Morgan fingerprint density at radius 1 is 1.11 bits per heavy atom. The molecule has 7 nitrogen and oxygen atoms in total. The maximum absolute atomic E-state index is 12.9. The number of fused-ring (bicyclic) bond motifs is 1. The van der Waals surface area contributed by atoms with Crippen molar-refractivity contribution in [2.24, 2.45) is 0 Å². The Balaban J connectivity index is 1.42. The highest BCUT2D eigenvalue weighted by molar-refractivity contribution is 6.00. The first-order valence-electron chi connectivity index (χ1n) is 9.25. The van der Waals surface area contributed by atoms with E-state index in [4.69, 9.17) is 0 Å². The minimum absolute atomic E-state index is 0.00640. The van der Waals surface area contributed by atoms with Gasteiger partial charge < -0.3 is 15.1 Å². The van der Waals surface area contributed by atoms with Crippen LogP contribution in [-0.4, -0.2) is 58.9 Å². The second-order valence-electron chi connectivity index (χ2n) is 7.11. The number of piperazine rings is 1. The summed E-state index contributed by atoms with van der Waals surface area (Å²) in [5.74, 6) is 0.767. The van der Waals surface area contributed by atoms with Crippen LogP contribution in [0.3, 0.4) is 0 Å². The minimum Gasteiger partial charge on any atom is -0.353 e. The maximum Gasteiger partial charge on any atom is 0.252 e. The summed E-state index contributed by atoms with van der Waals surface area (Å²) in [6, 6.07) is 6.99. The fraction of sp³-hybridized carbons (Fsp3) is 0.400. The van der Waals surface area contributed by atoms with Crippen LogP contribution in [0.25, 0.3) is 0 Å². The SMILES string of the molecule is Cc1ncnc(N2CCN(C(=O)C3Cc4ccccc4C(=O)N3)CC2)c1C. The number of carbonyl (C=O) groups is 2. The van der Waals surface area contributed by atoms with Crippen molar-refractivity contribution in [3.8, 4) is 0 Å². The summed E-state index contributed by atoms with van der Waals surface area (Å²) in [5, 5.41) is 2.86. The van der Waals surface area contributed by atoms with Gasteiger partial charge in [-0.05, 0) is 25.5 Å². The van der Waals surface area contributed by atoms with Gasteiger partial charge in [0.15, 0.2) is 0 Å². The van der Waals surface area contributed by atoms with Crippen LogP contribution < -0.4 is 10.2 Å². The van der Waals surface area contributed by atoms with E-state index < -0.39 is 6.04 Å². The predicted octanol–water partition coefficient (Wildman–Crippen LogP) is 1.10. The van der Waals surface area contributed by atoms with Crippen molar-refractivity contribution < 1.29 is 9.59 Å². The Morgan fingerprint density at radius 2 is 1.85 bits per heavy atom. The van der Waals surface area contributed by atoms with Crippen molar-refractivity contribution in [2.75, 3.05) is 31.1 Å². The van der Waals surface area contributed by atoms with Gasteiger partial charge in [-0.15, -0.1) is 0 Å². The van der Waals surface area contributed by atoms with Gasteiger partial charge in [-0.25, -0.2) is 9.97 Å². The molecule has 2 aliphatic heterocycles. The van der Waals surface area contributed by atoms with Gasteiger partial charge in [0, 0.05) is 49.4 Å². The van der Waals surface area contributed by atoms with E-state index in [0.29, 0.717) is 25.1 Å². The minimum atomic E-state index is -0.484. The lowest BCUT2D eigenvalue weighted by Gasteiger charge is -2.38. The lowest BCUT2D eigenvalue weighted by Crippen LogP contribution is -2.57. The second kappa shape index (κ2) is 6.98. The molecule has 7 heteroatoms. The molecule has 2 aromatic rings. The van der Waals surface area contributed by atoms with Gasteiger partial charge in [-0.3, -0.25) is 9.59 Å². The summed E-state index contributed by atoms with van der Waals surface area (Å²) >= 11 is 0. The van der Waals surface area contributed by atoms with Crippen LogP contribution >= 0.6 is 0 Å². The molecule has 0 spiro atoms. The summed E-state index contributed by atoms with van der Waals surface area (Å²) in [4.78, 5) is 37.9. The first-order chi connectivity index (χ1) is 13.0. The van der Waals surface area contributed by atoms with Crippen LogP contribution in [0.2, 0.25) is 0 Å². The first-order valence-corrected chi connectivity index (χ1v) is 9.25. The molecule has 2 amide bonds. The summed E-state index contributed by atoms with van der Waals surface area (Å²) in [6.45, 7) is 6.69. The number of hydrogen-bond donors (Lipinski definition) is 1. The van der Waals surface area contributed by atoms with Crippen LogP contribution in [0.4, 0.5) is 5.82 Å². The van der Waals surface area contributed by atoms with Gasteiger partial charge in [-0.2, -0.15) is 0 Å². The molecule has 2 aliphatic rings. The number of benzene rings is 1. The fourth-order valence-electron chi connectivity index (χ4n) is 3.78. The van der Waals surface area contributed by atoms with E-state index in [1.54, 1.807) is 12.4 Å². The number of rotatable bonds is 2. The number of anilines is 1. The molecular weight excluding hydrogens is 342 g/mol. The third-order valence-corrected chi connectivity index (χ3v) is 5.49. The van der Waals surface area contributed by atoms with Crippen LogP contribution in [0, 0.1) is 13.8 Å². The summed E-state index contributed by atoms with van der Waals surface area (Å²) < 4.78 is 0. The Kier molecular flexibility index (Phi) is 4.51. The van der Waals surface area contributed by atoms with Crippen molar-refractivity contribution in [3.63, 3.8) is 0 Å². The Hall–Kier alpha value is -2.96. The van der Waals surface area contributed by atoms with Gasteiger partial charge in [0.25, 0.3) is 5.91 Å². The highest BCUT2D eigenvalue weighted by Gasteiger charge is 2.33. The van der Waals surface area contributed by atoms with Gasteiger partial charge in [0.05, 0.1) is 0 Å². The van der Waals surface area contributed by atoms with Gasteiger partial charge >= 0.3 is 0 Å². The molecule has 4 rings (SSSR count). The van der Waals surface area contributed by atoms with Crippen molar-refractivity contribution in [1.82, 2.24) is 20.2 Å². The largest absolute Gasteiger partial charge is 0.353 e. The maximum atomic E-state index is 12.9. The second-order valence-corrected chi connectivity index (χ2v) is 7.11. The standard InChI is InChI=1S/C20H23N5O2/c1-13-14(2)21-12-22-18(13)24-7-9-25(10-8-24)20(27)17-11-15-5-3-4-6-16(15)19(26)23-17/h3-6,12,17H,7-11H2,1-2H3,(H,23,26). The van der Waals surface area contributed by atoms with Crippen molar-refractivity contribution in [3.05, 3.63) is 53.0 Å². The normalized spacial score (nSPS) is 19.5. The van der Waals surface area contributed by atoms with Crippen molar-refractivity contribution in [1.29, 1.82) is 0 Å². The molecule has 1 aromatic carbocycles. The third kappa shape index (κ3) is 3.25. The highest BCUT2D eigenvalue weighted by Crippen LogP contribution is 2.21. The number of hydrogen-bond acceptors (Lipinski definition) is 5. The van der Waals surface area contributed by atoms with Crippen LogP contribution in [0.15, 0.2) is 30.6 Å². The molecule has 0 radical (unpaired) electrons. The van der Waals surface area contributed by atoms with E-state index in [9.17, 15) is 9.59 Å². The van der Waals surface area contributed by atoms with E-state index in [2.05, 4.69) is 20.2 Å². The smallest absolute Gasteiger partial charge is 0.252 e. The van der Waals surface area contributed by atoms with Gasteiger partial charge in [-0.1, -0.05) is 18.2 Å². The molecule has 1 saturated heterocycles. The zero-order valence-corrected chi connectivity index (χ0v) is 15.6. The zero-order chi connectivity index (χ0) is 19.0. The quantitative estimate of drug-likeness (QED) is 0.862. The number of aromatic nitrogens is 2. The van der Waals surface area contributed by atoms with Crippen LogP contribution in [0.5, 0.6) is 0 Å². The summed E-state index contributed by atoms with van der Waals surface area (Å²) in [7, 11) is 0. The van der Waals surface area contributed by atoms with Gasteiger partial charge in [0.2, 0.25) is 5.91 Å². The number of carbonyl (C=O) groups excluding carboxylic acids is 2. The zero-order valence-electron chi connectivity index (χ0n) is 15.6. The first kappa shape index (κ1) is 17.5. The highest BCUT2D eigenvalue weighted by atomic mass is 16.2. The van der Waals surface area contributed by atoms with E-state index in [1.165, 1.54) is 0 Å². The van der Waals surface area contributed by atoms with E-state index in [0.717, 1.165) is 35.7 Å². The molecule has 0 aliphatic carbocycles. The van der Waals surface area contributed by atoms with E-state index in [-0.39, 0.29) is 11.8 Å². The number of amides is 2. The lowest BCUT2D eigenvalue weighted by molar-refractivity contribution is -0.133. The van der Waals surface area contributed by atoms with E-state index >= 15 is 0 Å². The Bertz CT molecular complexity index is 890. The molecule has 1 atom stereocenters. The molecule has 1 N–H and O–H groups in total. The van der Waals surface area contributed by atoms with Crippen LogP contribution in [0.1, 0.15) is 27.2 Å². The molecule has 0 bridgehead atoms. The summed E-state index contributed by atoms with van der Waals surface area (Å²) in [5.41, 5.74) is 3.65. The van der Waals surface area contributed by atoms with E-state index in [1.807, 2.05) is 36.9 Å². The molecule has 3 heterocycles. The average molecular weight is 365 g/mol. The number of nitrogens with zero attached hydrogens (tertiary/aromatic N) is 4. The number of aryl methyl sites for hydroxylation is 1. The molecule has 0 saturated carbocycles. The monoisotopic (exact) mass is 365 g/mol. The third-order valence-electron chi connectivity index (χ3n) is 5.49. The molecule has 1 aromatic heterocycles. The fourth-order valence-corrected chi connectivity index (χ4v) is 3.78. The predicted molar refractivity (Wildman–Crippen MR) is 102 cm³/mol. The molecule has 1 fully saturated rings. The number of nitrogens with one attached hydrogen (secondary N) is 1. The molecule has 1 unspecified atom stereocenters. The molecular formula is C20H23N5O2.